The second-order valence-corrected chi connectivity index (χ2v) is 10.1. The number of nitrogens with one attached hydrogen (secondary N) is 3. The lowest BCUT2D eigenvalue weighted by Gasteiger charge is -2.04. The minimum absolute atomic E-state index is 0.000463. The van der Waals surface area contributed by atoms with Crippen molar-refractivity contribution < 1.29 is 44.7 Å². The molecule has 0 fully saturated rings. The summed E-state index contributed by atoms with van der Waals surface area (Å²) in [7, 11) is 0. The molecule has 10 N–H and O–H groups in total. The molecule has 16 heteroatoms. The average molecular weight is 657 g/mol. The van der Waals surface area contributed by atoms with Gasteiger partial charge in [0.25, 0.3) is 0 Å². The number of aldehydes is 1. The Morgan fingerprint density at radius 2 is 1.06 bits per heavy atom. The van der Waals surface area contributed by atoms with E-state index in [1.807, 2.05) is 0 Å². The van der Waals surface area contributed by atoms with Crippen LogP contribution >= 0.6 is 0 Å². The molecular weight excluding hydrogens is 632 g/mol. The van der Waals surface area contributed by atoms with Crippen molar-refractivity contribution in [3.8, 4) is 11.5 Å². The Bertz CT molecular complexity index is 2480. The number of aromatic hydroxyl groups is 2. The van der Waals surface area contributed by atoms with Crippen molar-refractivity contribution in [3.63, 3.8) is 0 Å². The predicted molar refractivity (Wildman–Crippen MR) is 172 cm³/mol. The molecule has 0 saturated heterocycles. The Morgan fingerprint density at radius 3 is 1.54 bits per heavy atom. The molecule has 0 atom stereocenters. The van der Waals surface area contributed by atoms with Gasteiger partial charge < -0.3 is 46.2 Å². The molecule has 0 amide bonds. The number of para-hydroxylation sites is 1. The van der Waals surface area contributed by atoms with Crippen LogP contribution in [0.25, 0.3) is 32.7 Å². The van der Waals surface area contributed by atoms with Crippen molar-refractivity contribution in [2.45, 2.75) is 6.92 Å². The topological polar surface area (TPSA) is 294 Å². The summed E-state index contributed by atoms with van der Waals surface area (Å²) in [5.74, 6) is -4.20. The van der Waals surface area contributed by atoms with Gasteiger partial charge in [0.2, 0.25) is 0 Å². The summed E-state index contributed by atoms with van der Waals surface area (Å²) in [4.78, 5) is 85.0. The van der Waals surface area contributed by atoms with Gasteiger partial charge in [-0.25, -0.2) is 14.4 Å². The fraction of sp³-hybridized carbons (Fsp3) is 0.0312. The zero-order valence-corrected chi connectivity index (χ0v) is 24.5. The molecule has 6 aromatic rings. The summed E-state index contributed by atoms with van der Waals surface area (Å²) in [6, 6.07) is 13.3. The highest BCUT2D eigenvalue weighted by Gasteiger charge is 2.13. The third-order valence-corrected chi connectivity index (χ3v) is 6.73. The Balaban J connectivity index is 0.000000163. The number of phenols is 2. The number of phenolic OH excluding ortho intramolecular Hbond substituents is 2. The van der Waals surface area contributed by atoms with E-state index in [9.17, 15) is 43.8 Å². The van der Waals surface area contributed by atoms with Crippen molar-refractivity contribution in [1.29, 1.82) is 0 Å². The highest BCUT2D eigenvalue weighted by Crippen LogP contribution is 2.23. The second kappa shape index (κ2) is 13.4. The van der Waals surface area contributed by atoms with Crippen LogP contribution in [0.2, 0.25) is 0 Å². The first kappa shape index (κ1) is 33.7. The zero-order chi connectivity index (χ0) is 35.4. The number of H-pyrrole nitrogens is 3. The fourth-order valence-corrected chi connectivity index (χ4v) is 4.53. The van der Waals surface area contributed by atoms with E-state index in [0.717, 1.165) is 29.8 Å². The number of carbonyl (C=O) groups is 4. The first-order valence-corrected chi connectivity index (χ1v) is 13.4. The zero-order valence-electron chi connectivity index (χ0n) is 24.5. The number of nitrogens with two attached hydrogens (primary N) is 1. The minimum Gasteiger partial charge on any atom is -0.506 e. The van der Waals surface area contributed by atoms with Gasteiger partial charge in [0, 0.05) is 39.9 Å². The number of carboxylic acids is 3. The number of carbonyl (C=O) groups excluding carboxylic acids is 1. The number of rotatable bonds is 4. The summed E-state index contributed by atoms with van der Waals surface area (Å²) >= 11 is 0. The predicted octanol–water partition coefficient (Wildman–Crippen LogP) is 2.79. The van der Waals surface area contributed by atoms with E-state index in [1.54, 1.807) is 31.2 Å². The van der Waals surface area contributed by atoms with Gasteiger partial charge in [0.1, 0.15) is 34.9 Å². The van der Waals surface area contributed by atoms with E-state index in [-0.39, 0.29) is 61.4 Å². The number of anilines is 1. The van der Waals surface area contributed by atoms with Crippen LogP contribution < -0.4 is 22.0 Å². The molecule has 0 aliphatic carbocycles. The highest BCUT2D eigenvalue weighted by atomic mass is 16.4. The maximum Gasteiger partial charge on any atom is 0.352 e. The summed E-state index contributed by atoms with van der Waals surface area (Å²) in [5.41, 5.74) is 5.30. The fourth-order valence-electron chi connectivity index (χ4n) is 4.53. The molecule has 0 unspecified atom stereocenters. The van der Waals surface area contributed by atoms with E-state index in [4.69, 9.17) is 21.1 Å². The molecule has 48 heavy (non-hydrogen) atoms. The van der Waals surface area contributed by atoms with Crippen LogP contribution in [0.3, 0.4) is 0 Å². The number of aryl methyl sites for hydroxylation is 1. The largest absolute Gasteiger partial charge is 0.506 e. The van der Waals surface area contributed by atoms with Crippen molar-refractivity contribution in [2.24, 2.45) is 0 Å². The van der Waals surface area contributed by atoms with Gasteiger partial charge in [-0.2, -0.15) is 0 Å². The number of fused-ring (bicyclic) bond motifs is 3. The SMILES string of the molecule is Cc1cc(O)c2[nH]c(C(=O)O)cc(=O)c2c1.Nc1cccc2c(=O)cc(C(=O)O)[nH]c12.O=Cc1cc(O)c2[nH]c(C(=O)O)cc(=O)c2c1. The molecule has 3 heterocycles. The minimum atomic E-state index is -1.30. The second-order valence-electron chi connectivity index (χ2n) is 10.1. The lowest BCUT2D eigenvalue weighted by atomic mass is 10.1. The number of nitrogen functional groups attached to an aromatic ring is 1. The Hall–Kier alpha value is -7.23. The lowest BCUT2D eigenvalue weighted by Crippen LogP contribution is -2.10. The molecule has 3 aromatic carbocycles. The van der Waals surface area contributed by atoms with Gasteiger partial charge in [-0.15, -0.1) is 0 Å². The van der Waals surface area contributed by atoms with Gasteiger partial charge >= 0.3 is 17.9 Å². The molecule has 16 nitrogen and oxygen atoms in total. The monoisotopic (exact) mass is 656 g/mol. The molecule has 0 saturated carbocycles. The maximum atomic E-state index is 11.6. The Kier molecular flexibility index (Phi) is 9.40. The van der Waals surface area contributed by atoms with Crippen molar-refractivity contribution in [1.82, 2.24) is 15.0 Å². The number of pyridine rings is 3. The average Bonchev–Trinajstić information content (AvgIpc) is 3.02. The smallest absolute Gasteiger partial charge is 0.352 e. The van der Waals surface area contributed by atoms with E-state index < -0.39 is 28.8 Å². The van der Waals surface area contributed by atoms with Crippen LogP contribution in [-0.4, -0.2) is 64.7 Å². The van der Waals surface area contributed by atoms with Gasteiger partial charge in [-0.1, -0.05) is 6.07 Å². The molecule has 0 aliphatic rings. The molecule has 0 aliphatic heterocycles. The van der Waals surface area contributed by atoms with Gasteiger partial charge in [0.05, 0.1) is 22.2 Å². The Morgan fingerprint density at radius 1 is 0.625 bits per heavy atom. The number of hydrogen-bond donors (Lipinski definition) is 9. The summed E-state index contributed by atoms with van der Waals surface area (Å²) < 4.78 is 0. The van der Waals surface area contributed by atoms with Crippen LogP contribution in [0.15, 0.2) is 75.0 Å². The van der Waals surface area contributed by atoms with Crippen molar-refractivity contribution >= 4 is 62.6 Å². The number of aromatic amines is 3. The van der Waals surface area contributed by atoms with Crippen LogP contribution in [-0.2, 0) is 0 Å². The van der Waals surface area contributed by atoms with Crippen LogP contribution in [0, 0.1) is 6.92 Å². The summed E-state index contributed by atoms with van der Waals surface area (Å²) in [6.07, 6.45) is 0.490. The first-order chi connectivity index (χ1) is 22.6. The number of aromatic carboxylic acids is 3. The van der Waals surface area contributed by atoms with Gasteiger partial charge in [0.15, 0.2) is 16.3 Å². The molecule has 0 radical (unpaired) electrons. The number of hydrogen-bond acceptors (Lipinski definition) is 10. The Labute approximate surface area is 266 Å². The maximum absolute atomic E-state index is 11.6. The molecule has 244 valence electrons. The molecular formula is C32H24N4O12. The van der Waals surface area contributed by atoms with Crippen LogP contribution in [0.5, 0.6) is 11.5 Å². The summed E-state index contributed by atoms with van der Waals surface area (Å²) in [5, 5.41) is 46.2. The lowest BCUT2D eigenvalue weighted by molar-refractivity contribution is 0.0680. The standard InChI is InChI=1S/C11H7NO5.C11H9NO4.C10H8N2O3/c13-4-5-1-6-8(14)3-7(11(16)17)12-10(6)9(15)2-5;1-5-2-6-8(13)4-7(11(15)16)12-10(6)9(14)3-5;11-6-3-1-2-5-8(13)4-7(10(14)15)12-9(5)6/h1-4,15H,(H,12,14)(H,16,17);2-4,14H,1H3,(H,12,13)(H,15,16);1-4H,11H2,(H,12,13)(H,14,15). The number of benzene rings is 3. The third-order valence-electron chi connectivity index (χ3n) is 6.73. The van der Waals surface area contributed by atoms with E-state index >= 15 is 0 Å². The van der Waals surface area contributed by atoms with Crippen LogP contribution in [0.1, 0.15) is 47.4 Å². The molecule has 3 aromatic heterocycles. The third kappa shape index (κ3) is 7.02. The first-order valence-electron chi connectivity index (χ1n) is 13.4. The molecule has 6 rings (SSSR count). The molecule has 0 bridgehead atoms. The summed E-state index contributed by atoms with van der Waals surface area (Å²) in [6.45, 7) is 1.74. The van der Waals surface area contributed by atoms with E-state index in [0.29, 0.717) is 22.9 Å². The number of carboxylic acid groups (broad SMARTS) is 3. The van der Waals surface area contributed by atoms with Crippen molar-refractivity contribution in [2.75, 3.05) is 5.73 Å². The number of aromatic nitrogens is 3. The van der Waals surface area contributed by atoms with Gasteiger partial charge in [-0.3, -0.25) is 19.2 Å². The quantitative estimate of drug-likeness (QED) is 0.0975. The molecule has 0 spiro atoms. The van der Waals surface area contributed by atoms with E-state index in [1.165, 1.54) is 12.1 Å². The van der Waals surface area contributed by atoms with Gasteiger partial charge in [-0.05, 0) is 48.9 Å². The normalized spacial score (nSPS) is 10.4. The van der Waals surface area contributed by atoms with Crippen molar-refractivity contribution in [3.05, 3.63) is 120 Å². The van der Waals surface area contributed by atoms with Crippen LogP contribution in [0.4, 0.5) is 5.69 Å². The highest BCUT2D eigenvalue weighted by molar-refractivity contribution is 5.95. The van der Waals surface area contributed by atoms with E-state index in [2.05, 4.69) is 15.0 Å².